The summed E-state index contributed by atoms with van der Waals surface area (Å²) in [7, 11) is 0. The van der Waals surface area contributed by atoms with E-state index in [1.165, 1.54) is 5.56 Å². The molecule has 0 saturated heterocycles. The molecule has 0 atom stereocenters. The maximum absolute atomic E-state index is 10.9. The van der Waals surface area contributed by atoms with Crippen LogP contribution in [0.1, 0.15) is 43.9 Å². The first-order chi connectivity index (χ1) is 9.60. The first-order valence-corrected chi connectivity index (χ1v) is 7.57. The fourth-order valence-electron chi connectivity index (χ4n) is 3.23. The van der Waals surface area contributed by atoms with Crippen molar-refractivity contribution in [2.45, 2.75) is 51.2 Å². The summed E-state index contributed by atoms with van der Waals surface area (Å²) in [4.78, 5) is 0. The summed E-state index contributed by atoms with van der Waals surface area (Å²) in [6.45, 7) is 5.19. The van der Waals surface area contributed by atoms with Gasteiger partial charge in [0.15, 0.2) is 0 Å². The number of hydrogen-bond donors (Lipinski definition) is 2. The molecule has 3 rings (SSSR count). The molecule has 108 valence electrons. The highest BCUT2D eigenvalue weighted by molar-refractivity contribution is 5.78. The summed E-state index contributed by atoms with van der Waals surface area (Å²) < 4.78 is 5.89. The van der Waals surface area contributed by atoms with Gasteiger partial charge in [-0.1, -0.05) is 18.6 Å². The summed E-state index contributed by atoms with van der Waals surface area (Å²) >= 11 is 0. The van der Waals surface area contributed by atoms with Gasteiger partial charge in [0.25, 0.3) is 0 Å². The Morgan fingerprint density at radius 3 is 2.75 bits per heavy atom. The molecule has 2 aromatic rings. The van der Waals surface area contributed by atoms with Crippen LogP contribution in [0.25, 0.3) is 11.0 Å². The van der Waals surface area contributed by atoms with E-state index in [0.29, 0.717) is 6.04 Å². The van der Waals surface area contributed by atoms with E-state index < -0.39 is 5.60 Å². The quantitative estimate of drug-likeness (QED) is 0.900. The Kier molecular flexibility index (Phi) is 3.57. The van der Waals surface area contributed by atoms with E-state index in [-0.39, 0.29) is 0 Å². The van der Waals surface area contributed by atoms with Gasteiger partial charge >= 0.3 is 0 Å². The van der Waals surface area contributed by atoms with Crippen molar-refractivity contribution in [2.24, 2.45) is 0 Å². The standard InChI is InChI=1S/C17H23NO2/c1-3-18-14-6-8-17(19,9-7-14)16-11-13-10-12(2)4-5-15(13)20-16/h4-5,10-11,14,18-19H,3,6-9H2,1-2H3. The van der Waals surface area contributed by atoms with E-state index in [1.807, 2.05) is 18.2 Å². The van der Waals surface area contributed by atoms with Crippen molar-refractivity contribution in [3.63, 3.8) is 0 Å². The highest BCUT2D eigenvalue weighted by Gasteiger charge is 2.37. The Bertz CT molecular complexity index is 594. The van der Waals surface area contributed by atoms with Gasteiger partial charge in [-0.15, -0.1) is 0 Å². The van der Waals surface area contributed by atoms with Gasteiger partial charge in [-0.2, -0.15) is 0 Å². The molecule has 0 amide bonds. The minimum Gasteiger partial charge on any atom is -0.458 e. The van der Waals surface area contributed by atoms with Crippen LogP contribution in [0, 0.1) is 6.92 Å². The van der Waals surface area contributed by atoms with Crippen LogP contribution in [0.5, 0.6) is 0 Å². The van der Waals surface area contributed by atoms with Crippen molar-refractivity contribution in [3.8, 4) is 0 Å². The van der Waals surface area contributed by atoms with Gasteiger partial charge in [-0.25, -0.2) is 0 Å². The van der Waals surface area contributed by atoms with Crippen LogP contribution in [0.4, 0.5) is 0 Å². The molecule has 3 nitrogen and oxygen atoms in total. The third kappa shape index (κ3) is 2.48. The maximum atomic E-state index is 10.9. The highest BCUT2D eigenvalue weighted by atomic mass is 16.4. The van der Waals surface area contributed by atoms with Gasteiger partial charge in [0.1, 0.15) is 16.9 Å². The van der Waals surface area contributed by atoms with Crippen LogP contribution in [0.2, 0.25) is 0 Å². The average molecular weight is 273 g/mol. The van der Waals surface area contributed by atoms with Crippen LogP contribution >= 0.6 is 0 Å². The smallest absolute Gasteiger partial charge is 0.136 e. The van der Waals surface area contributed by atoms with Crippen LogP contribution in [0.15, 0.2) is 28.7 Å². The first kappa shape index (κ1) is 13.7. The zero-order chi connectivity index (χ0) is 14.2. The van der Waals surface area contributed by atoms with Gasteiger partial charge in [-0.3, -0.25) is 0 Å². The normalized spacial score (nSPS) is 27.1. The molecule has 1 aliphatic rings. The topological polar surface area (TPSA) is 45.4 Å². The molecule has 0 unspecified atom stereocenters. The predicted octanol–water partition coefficient (Wildman–Crippen LogP) is 3.48. The lowest BCUT2D eigenvalue weighted by molar-refractivity contribution is -0.0253. The molecule has 1 fully saturated rings. The molecular formula is C17H23NO2. The van der Waals surface area contributed by atoms with Crippen molar-refractivity contribution < 1.29 is 9.52 Å². The summed E-state index contributed by atoms with van der Waals surface area (Å²) in [5, 5.41) is 15.4. The lowest BCUT2D eigenvalue weighted by Gasteiger charge is -2.34. The summed E-state index contributed by atoms with van der Waals surface area (Å²) in [5.74, 6) is 0.730. The van der Waals surface area contributed by atoms with Crippen LogP contribution in [0.3, 0.4) is 0 Å². The van der Waals surface area contributed by atoms with Crippen molar-refractivity contribution in [2.75, 3.05) is 6.54 Å². The molecule has 20 heavy (non-hydrogen) atoms. The van der Waals surface area contributed by atoms with Crippen molar-refractivity contribution >= 4 is 11.0 Å². The third-order valence-corrected chi connectivity index (χ3v) is 4.44. The van der Waals surface area contributed by atoms with Crippen molar-refractivity contribution in [1.29, 1.82) is 0 Å². The fraction of sp³-hybridized carbons (Fsp3) is 0.529. The van der Waals surface area contributed by atoms with Crippen molar-refractivity contribution in [3.05, 3.63) is 35.6 Å². The number of fused-ring (bicyclic) bond motifs is 1. The second-order valence-electron chi connectivity index (χ2n) is 6.02. The molecule has 3 heteroatoms. The predicted molar refractivity (Wildman–Crippen MR) is 80.8 cm³/mol. The van der Waals surface area contributed by atoms with Gasteiger partial charge in [-0.05, 0) is 57.4 Å². The van der Waals surface area contributed by atoms with Crippen LogP contribution in [-0.2, 0) is 5.60 Å². The molecule has 2 N–H and O–H groups in total. The second-order valence-corrected chi connectivity index (χ2v) is 6.02. The van der Waals surface area contributed by atoms with Gasteiger partial charge in [0.2, 0.25) is 0 Å². The number of nitrogens with one attached hydrogen (secondary N) is 1. The number of hydrogen-bond acceptors (Lipinski definition) is 3. The van der Waals surface area contributed by atoms with E-state index >= 15 is 0 Å². The SMILES string of the molecule is CCNC1CCC(O)(c2cc3cc(C)ccc3o2)CC1. The van der Waals surface area contributed by atoms with Gasteiger partial charge in [0, 0.05) is 11.4 Å². The van der Waals surface area contributed by atoms with E-state index in [9.17, 15) is 5.11 Å². The zero-order valence-corrected chi connectivity index (χ0v) is 12.3. The first-order valence-electron chi connectivity index (χ1n) is 7.57. The lowest BCUT2D eigenvalue weighted by Crippen LogP contribution is -2.39. The van der Waals surface area contributed by atoms with E-state index in [1.54, 1.807) is 0 Å². The van der Waals surface area contributed by atoms with Gasteiger partial charge in [0.05, 0.1) is 0 Å². The monoisotopic (exact) mass is 273 g/mol. The van der Waals surface area contributed by atoms with E-state index in [2.05, 4.69) is 25.2 Å². The summed E-state index contributed by atoms with van der Waals surface area (Å²) in [5.41, 5.74) is 1.29. The highest BCUT2D eigenvalue weighted by Crippen LogP contribution is 2.39. The van der Waals surface area contributed by atoms with Crippen LogP contribution < -0.4 is 5.32 Å². The Labute approximate surface area is 120 Å². The number of benzene rings is 1. The number of aliphatic hydroxyl groups is 1. The lowest BCUT2D eigenvalue weighted by atomic mass is 9.80. The van der Waals surface area contributed by atoms with Gasteiger partial charge < -0.3 is 14.8 Å². The Morgan fingerprint density at radius 1 is 1.30 bits per heavy atom. The molecule has 1 aliphatic carbocycles. The number of rotatable bonds is 3. The summed E-state index contributed by atoms with van der Waals surface area (Å²) in [6.07, 6.45) is 3.54. The Balaban J connectivity index is 1.83. The molecule has 1 aromatic carbocycles. The summed E-state index contributed by atoms with van der Waals surface area (Å²) in [6, 6.07) is 8.68. The van der Waals surface area contributed by atoms with E-state index in [4.69, 9.17) is 4.42 Å². The van der Waals surface area contributed by atoms with Crippen molar-refractivity contribution in [1.82, 2.24) is 5.32 Å². The Hall–Kier alpha value is -1.32. The largest absolute Gasteiger partial charge is 0.458 e. The zero-order valence-electron chi connectivity index (χ0n) is 12.3. The fourth-order valence-corrected chi connectivity index (χ4v) is 3.23. The molecule has 0 radical (unpaired) electrons. The molecule has 1 heterocycles. The van der Waals surface area contributed by atoms with E-state index in [0.717, 1.165) is 49.0 Å². The molecule has 1 aromatic heterocycles. The Morgan fingerprint density at radius 2 is 2.05 bits per heavy atom. The minimum atomic E-state index is -0.793. The molecule has 1 saturated carbocycles. The third-order valence-electron chi connectivity index (χ3n) is 4.44. The maximum Gasteiger partial charge on any atom is 0.136 e. The molecule has 0 aliphatic heterocycles. The molecule has 0 bridgehead atoms. The number of aryl methyl sites for hydroxylation is 1. The van der Waals surface area contributed by atoms with Crippen LogP contribution in [-0.4, -0.2) is 17.7 Å². The number of furan rings is 1. The molecule has 0 spiro atoms. The minimum absolute atomic E-state index is 0.534. The second kappa shape index (κ2) is 5.23. The molecular weight excluding hydrogens is 250 g/mol. The average Bonchev–Trinajstić information content (AvgIpc) is 2.85.